The first-order valence-corrected chi connectivity index (χ1v) is 14.7. The van der Waals surface area contributed by atoms with E-state index in [0.29, 0.717) is 36.5 Å². The van der Waals surface area contributed by atoms with Gasteiger partial charge in [-0.3, -0.25) is 9.59 Å². The SMILES string of the molecule is C[C@@]1(C(N)=O)C[C@@H](O)CN1C(=O)c1ccc(-c2ccc(OCC3CCC=C(CC4(C(F)(F)F)CCC4)CC3)nc2)cc1F. The molecular weight excluding hydrogens is 566 g/mol. The van der Waals surface area contributed by atoms with Gasteiger partial charge in [-0.1, -0.05) is 24.1 Å². The zero-order valence-corrected chi connectivity index (χ0v) is 24.1. The number of hydrogen-bond acceptors (Lipinski definition) is 5. The van der Waals surface area contributed by atoms with Gasteiger partial charge in [-0.15, -0.1) is 0 Å². The number of aliphatic hydroxyl groups is 1. The van der Waals surface area contributed by atoms with E-state index in [2.05, 4.69) is 4.98 Å². The lowest BCUT2D eigenvalue weighted by molar-refractivity contribution is -0.250. The van der Waals surface area contributed by atoms with Crippen molar-refractivity contribution in [2.45, 2.75) is 82.5 Å². The summed E-state index contributed by atoms with van der Waals surface area (Å²) in [5.41, 5.74) is 4.27. The van der Waals surface area contributed by atoms with E-state index in [4.69, 9.17) is 10.5 Å². The van der Waals surface area contributed by atoms with Crippen molar-refractivity contribution in [1.29, 1.82) is 0 Å². The van der Waals surface area contributed by atoms with E-state index in [0.717, 1.165) is 29.7 Å². The van der Waals surface area contributed by atoms with Gasteiger partial charge in [-0.25, -0.2) is 9.37 Å². The lowest BCUT2D eigenvalue weighted by atomic mass is 9.64. The molecule has 11 heteroatoms. The molecule has 1 aromatic heterocycles. The number of benzene rings is 1. The second-order valence-corrected chi connectivity index (χ2v) is 12.5. The fourth-order valence-electron chi connectivity index (χ4n) is 6.52. The maximum atomic E-state index is 15.1. The average Bonchev–Trinajstić information content (AvgIpc) is 3.09. The Bertz CT molecular complexity index is 1390. The van der Waals surface area contributed by atoms with E-state index in [1.54, 1.807) is 18.2 Å². The number of primary amides is 1. The van der Waals surface area contributed by atoms with Crippen molar-refractivity contribution in [2.24, 2.45) is 17.1 Å². The number of ether oxygens (including phenoxy) is 1. The first kappa shape index (κ1) is 31.0. The van der Waals surface area contributed by atoms with Crippen LogP contribution in [0.1, 0.15) is 75.1 Å². The van der Waals surface area contributed by atoms with Gasteiger partial charge in [-0.2, -0.15) is 13.2 Å². The van der Waals surface area contributed by atoms with E-state index < -0.39 is 40.9 Å². The molecular formula is C32H37F4N3O4. The summed E-state index contributed by atoms with van der Waals surface area (Å²) in [4.78, 5) is 30.5. The first-order valence-electron chi connectivity index (χ1n) is 14.7. The minimum atomic E-state index is -4.16. The number of rotatable bonds is 8. The van der Waals surface area contributed by atoms with E-state index in [1.165, 1.54) is 25.3 Å². The number of nitrogens with two attached hydrogens (primary N) is 1. The van der Waals surface area contributed by atoms with Crippen LogP contribution in [0, 0.1) is 17.2 Å². The topological polar surface area (TPSA) is 106 Å². The molecule has 43 heavy (non-hydrogen) atoms. The van der Waals surface area contributed by atoms with Gasteiger partial charge in [-0.05, 0) is 81.5 Å². The molecule has 1 aliphatic heterocycles. The van der Waals surface area contributed by atoms with Gasteiger partial charge < -0.3 is 20.5 Å². The quantitative estimate of drug-likeness (QED) is 0.286. The molecule has 3 atom stereocenters. The van der Waals surface area contributed by atoms with Crippen LogP contribution >= 0.6 is 0 Å². The van der Waals surface area contributed by atoms with E-state index in [9.17, 15) is 27.9 Å². The second kappa shape index (κ2) is 11.9. The van der Waals surface area contributed by atoms with Crippen LogP contribution in [-0.4, -0.2) is 57.8 Å². The molecule has 3 aliphatic rings. The zero-order chi connectivity index (χ0) is 31.0. The second-order valence-electron chi connectivity index (χ2n) is 12.5. The summed E-state index contributed by atoms with van der Waals surface area (Å²) in [6.45, 7) is 1.73. The first-order chi connectivity index (χ1) is 20.3. The number of aliphatic hydroxyl groups excluding tert-OH is 1. The largest absolute Gasteiger partial charge is 0.477 e. The standard InChI is InChI=1S/C32H37F4N3O4/c1-30(29(37)42)16-24(40)18-39(30)28(41)25-10-8-22(14-26(25)33)23-9-11-27(38-17-23)43-19-21-5-2-4-20(6-7-21)15-31(12-3-13-31)32(34,35)36/h4,8-11,14,17,21,24,40H,2-3,5-7,12-13,15-16,18-19H2,1H3,(H2,37,42)/t21?,24-,30+/m1/s1. The van der Waals surface area contributed by atoms with Crippen molar-refractivity contribution >= 4 is 11.8 Å². The van der Waals surface area contributed by atoms with Gasteiger partial charge in [0.05, 0.1) is 23.7 Å². The minimum Gasteiger partial charge on any atom is -0.477 e. The van der Waals surface area contributed by atoms with Crippen LogP contribution in [0.25, 0.3) is 11.1 Å². The van der Waals surface area contributed by atoms with Crippen LogP contribution in [-0.2, 0) is 4.79 Å². The number of amides is 2. The Morgan fingerprint density at radius 2 is 1.91 bits per heavy atom. The lowest BCUT2D eigenvalue weighted by Crippen LogP contribution is -2.54. The summed E-state index contributed by atoms with van der Waals surface area (Å²) in [6.07, 6.45) is 2.56. The number of allylic oxidation sites excluding steroid dienone is 2. The van der Waals surface area contributed by atoms with Crippen molar-refractivity contribution in [3.63, 3.8) is 0 Å². The highest BCUT2D eigenvalue weighted by Crippen LogP contribution is 2.57. The summed E-state index contributed by atoms with van der Waals surface area (Å²) < 4.78 is 61.8. The smallest absolute Gasteiger partial charge is 0.394 e. The Labute approximate surface area is 248 Å². The maximum Gasteiger partial charge on any atom is 0.394 e. The van der Waals surface area contributed by atoms with Gasteiger partial charge in [0, 0.05) is 30.8 Å². The van der Waals surface area contributed by atoms with Crippen LogP contribution < -0.4 is 10.5 Å². The Hall–Kier alpha value is -3.47. The number of alkyl halides is 3. The fraction of sp³-hybridized carbons (Fsp3) is 0.531. The van der Waals surface area contributed by atoms with Crippen LogP contribution in [0.5, 0.6) is 5.88 Å². The molecule has 2 heterocycles. The third-order valence-electron chi connectivity index (χ3n) is 9.49. The molecule has 1 unspecified atom stereocenters. The number of hydrogen-bond donors (Lipinski definition) is 2. The Morgan fingerprint density at radius 1 is 1.16 bits per heavy atom. The highest BCUT2D eigenvalue weighted by molar-refractivity contribution is 5.99. The summed E-state index contributed by atoms with van der Waals surface area (Å²) in [7, 11) is 0. The molecule has 0 bridgehead atoms. The van der Waals surface area contributed by atoms with Crippen LogP contribution in [0.2, 0.25) is 0 Å². The highest BCUT2D eigenvalue weighted by atomic mass is 19.4. The molecule has 0 radical (unpaired) electrons. The molecule has 1 saturated carbocycles. The zero-order valence-electron chi connectivity index (χ0n) is 24.1. The number of β-amino-alcohol motifs (C(OH)–C–C–N with tert-alkyl or cyclic N) is 1. The van der Waals surface area contributed by atoms with Gasteiger partial charge in [0.15, 0.2) is 0 Å². The monoisotopic (exact) mass is 603 g/mol. The van der Waals surface area contributed by atoms with Crippen molar-refractivity contribution in [3.05, 3.63) is 59.6 Å². The Morgan fingerprint density at radius 3 is 2.51 bits per heavy atom. The normalized spacial score (nSPS) is 25.4. The lowest BCUT2D eigenvalue weighted by Gasteiger charge is -2.44. The molecule has 5 rings (SSSR count). The van der Waals surface area contributed by atoms with Crippen LogP contribution in [0.4, 0.5) is 17.6 Å². The molecule has 7 nitrogen and oxygen atoms in total. The number of carbonyl (C=O) groups is 2. The minimum absolute atomic E-state index is 0.0187. The van der Waals surface area contributed by atoms with Gasteiger partial charge in [0.2, 0.25) is 11.8 Å². The number of pyridine rings is 1. The molecule has 2 aliphatic carbocycles. The van der Waals surface area contributed by atoms with E-state index in [-0.39, 0.29) is 43.7 Å². The van der Waals surface area contributed by atoms with Crippen molar-refractivity contribution in [3.8, 4) is 17.0 Å². The van der Waals surface area contributed by atoms with Crippen molar-refractivity contribution in [2.75, 3.05) is 13.2 Å². The van der Waals surface area contributed by atoms with Crippen molar-refractivity contribution < 1.29 is 37.0 Å². The number of carbonyl (C=O) groups excluding carboxylic acids is 2. The maximum absolute atomic E-state index is 15.1. The summed E-state index contributed by atoms with van der Waals surface area (Å²) in [5, 5.41) is 10.0. The van der Waals surface area contributed by atoms with Crippen molar-refractivity contribution in [1.82, 2.24) is 9.88 Å². The summed E-state index contributed by atoms with van der Waals surface area (Å²) in [6, 6.07) is 7.51. The van der Waals surface area contributed by atoms with Gasteiger partial charge >= 0.3 is 6.18 Å². The number of halogens is 4. The Kier molecular flexibility index (Phi) is 8.57. The molecule has 1 aromatic carbocycles. The third-order valence-corrected chi connectivity index (χ3v) is 9.49. The fourth-order valence-corrected chi connectivity index (χ4v) is 6.52. The summed E-state index contributed by atoms with van der Waals surface area (Å²) in [5.74, 6) is -1.70. The predicted octanol–water partition coefficient (Wildman–Crippen LogP) is 5.96. The Balaban J connectivity index is 1.16. The van der Waals surface area contributed by atoms with Crippen LogP contribution in [0.15, 0.2) is 48.2 Å². The van der Waals surface area contributed by atoms with E-state index in [1.807, 2.05) is 6.08 Å². The number of likely N-dealkylation sites (tertiary alicyclic amines) is 1. The molecule has 1 saturated heterocycles. The molecule has 2 amide bonds. The third kappa shape index (κ3) is 6.27. The highest BCUT2D eigenvalue weighted by Gasteiger charge is 2.58. The van der Waals surface area contributed by atoms with E-state index >= 15 is 4.39 Å². The van der Waals surface area contributed by atoms with Crippen LogP contribution in [0.3, 0.4) is 0 Å². The molecule has 2 aromatic rings. The number of nitrogens with zero attached hydrogens (tertiary/aromatic N) is 2. The van der Waals surface area contributed by atoms with Gasteiger partial charge in [0.25, 0.3) is 5.91 Å². The predicted molar refractivity (Wildman–Crippen MR) is 151 cm³/mol. The molecule has 232 valence electrons. The number of aromatic nitrogens is 1. The van der Waals surface area contributed by atoms with Gasteiger partial charge in [0.1, 0.15) is 11.4 Å². The summed E-state index contributed by atoms with van der Waals surface area (Å²) >= 11 is 0. The molecule has 0 spiro atoms. The molecule has 2 fully saturated rings. The molecule has 3 N–H and O–H groups in total. The average molecular weight is 604 g/mol.